The van der Waals surface area contributed by atoms with Crippen molar-refractivity contribution in [2.24, 2.45) is 0 Å². The minimum absolute atomic E-state index is 0.0120. The lowest BCUT2D eigenvalue weighted by atomic mass is 9.87. The van der Waals surface area contributed by atoms with E-state index < -0.39 is 12.1 Å². The second-order valence-corrected chi connectivity index (χ2v) is 13.8. The zero-order valence-electron chi connectivity index (χ0n) is 28.3. The molecule has 5 unspecified atom stereocenters. The molecule has 258 valence electrons. The van der Waals surface area contributed by atoms with Gasteiger partial charge in [0.2, 0.25) is 11.8 Å². The third kappa shape index (κ3) is 7.34. The van der Waals surface area contributed by atoms with Crippen molar-refractivity contribution in [1.29, 1.82) is 0 Å². The fourth-order valence-corrected chi connectivity index (χ4v) is 7.67. The average molecular weight is 674 g/mol. The molecular formula is C41H44FN5O3. The summed E-state index contributed by atoms with van der Waals surface area (Å²) in [6.07, 6.45) is 4.07. The normalized spacial score (nSPS) is 21.7. The van der Waals surface area contributed by atoms with Gasteiger partial charge in [0.1, 0.15) is 5.82 Å². The van der Waals surface area contributed by atoms with Gasteiger partial charge in [-0.1, -0.05) is 78.9 Å². The lowest BCUT2D eigenvalue weighted by Crippen LogP contribution is -2.50. The fourth-order valence-electron chi connectivity index (χ4n) is 7.67. The Hall–Kier alpha value is -4.86. The quantitative estimate of drug-likeness (QED) is 0.194. The molecule has 1 fully saturated rings. The first-order chi connectivity index (χ1) is 24.3. The van der Waals surface area contributed by atoms with Crippen molar-refractivity contribution in [2.75, 3.05) is 6.54 Å². The van der Waals surface area contributed by atoms with E-state index in [4.69, 9.17) is 0 Å². The number of amides is 3. The van der Waals surface area contributed by atoms with Gasteiger partial charge >= 0.3 is 0 Å². The predicted octanol–water partition coefficient (Wildman–Crippen LogP) is 5.28. The molecule has 0 aromatic heterocycles. The van der Waals surface area contributed by atoms with Gasteiger partial charge in [-0.15, -0.1) is 0 Å². The summed E-state index contributed by atoms with van der Waals surface area (Å²) in [5.74, 6) is -0.711. The standard InChI is InChI=1S/C41H44FN5O3/c1-26(33-13-6-7-15-35(33)42)47(41(50)38-21-30-10-2-3-11-31(30)23-43-38)25-27-17-19-29(20-18-27)39(48)45-32-22-37(44-24-32)40(49)46-36-16-8-12-28-9-4-5-14-34(28)36/h2-7,9-11,13-15,17-20,26,32,36-38,43-44H,8,12,16,21-25H2,1H3,(H,45,48)(H,46,49). The maximum absolute atomic E-state index is 15.0. The van der Waals surface area contributed by atoms with Crippen LogP contribution in [0.15, 0.2) is 97.1 Å². The number of carbonyl (C=O) groups is 3. The van der Waals surface area contributed by atoms with E-state index in [1.54, 1.807) is 35.2 Å². The number of rotatable bonds is 9. The van der Waals surface area contributed by atoms with Gasteiger partial charge in [0.05, 0.1) is 24.2 Å². The molecule has 4 aromatic rings. The Kier molecular flexibility index (Phi) is 10.1. The highest BCUT2D eigenvalue weighted by atomic mass is 19.1. The van der Waals surface area contributed by atoms with E-state index in [9.17, 15) is 18.8 Å². The van der Waals surface area contributed by atoms with Crippen LogP contribution in [0.1, 0.15) is 82.0 Å². The molecular weight excluding hydrogens is 629 g/mol. The third-order valence-electron chi connectivity index (χ3n) is 10.5. The Morgan fingerprint density at radius 2 is 1.56 bits per heavy atom. The lowest BCUT2D eigenvalue weighted by molar-refractivity contribution is -0.136. The Bertz CT molecular complexity index is 1860. The number of fused-ring (bicyclic) bond motifs is 2. The SMILES string of the molecule is CC(c1ccccc1F)N(Cc1ccc(C(=O)NC2CNC(C(=O)NC3CCCc4ccccc43)C2)cc1)C(=O)C1Cc2ccccc2CN1. The monoisotopic (exact) mass is 673 g/mol. The molecule has 8 nitrogen and oxygen atoms in total. The Morgan fingerprint density at radius 1 is 0.840 bits per heavy atom. The van der Waals surface area contributed by atoms with Crippen molar-refractivity contribution >= 4 is 17.7 Å². The van der Waals surface area contributed by atoms with Crippen LogP contribution in [-0.2, 0) is 35.5 Å². The average Bonchev–Trinajstić information content (AvgIpc) is 3.62. The van der Waals surface area contributed by atoms with Gasteiger partial charge in [-0.3, -0.25) is 14.4 Å². The summed E-state index contributed by atoms with van der Waals surface area (Å²) in [6, 6.07) is 28.7. The summed E-state index contributed by atoms with van der Waals surface area (Å²) in [5, 5.41) is 13.0. The molecule has 9 heteroatoms. The van der Waals surface area contributed by atoms with E-state index in [1.165, 1.54) is 22.8 Å². The summed E-state index contributed by atoms with van der Waals surface area (Å²) in [7, 11) is 0. The van der Waals surface area contributed by atoms with E-state index >= 15 is 0 Å². The number of nitrogens with zero attached hydrogens (tertiary/aromatic N) is 1. The molecule has 7 rings (SSSR count). The minimum Gasteiger partial charge on any atom is -0.348 e. The molecule has 3 amide bonds. The van der Waals surface area contributed by atoms with E-state index in [2.05, 4.69) is 45.5 Å². The number of halogens is 1. The number of nitrogens with one attached hydrogen (secondary N) is 4. The summed E-state index contributed by atoms with van der Waals surface area (Å²) >= 11 is 0. The molecule has 2 aliphatic heterocycles. The second kappa shape index (κ2) is 14.9. The Morgan fingerprint density at radius 3 is 2.36 bits per heavy atom. The van der Waals surface area contributed by atoms with Crippen molar-refractivity contribution in [3.8, 4) is 0 Å². The van der Waals surface area contributed by atoms with Crippen LogP contribution in [0.25, 0.3) is 0 Å². The zero-order chi connectivity index (χ0) is 34.6. The molecule has 0 spiro atoms. The Labute approximate surface area is 292 Å². The van der Waals surface area contributed by atoms with Crippen LogP contribution in [-0.4, -0.2) is 47.3 Å². The molecule has 1 saturated heterocycles. The maximum Gasteiger partial charge on any atom is 0.251 e. The zero-order valence-corrected chi connectivity index (χ0v) is 28.3. The first-order valence-corrected chi connectivity index (χ1v) is 17.7. The predicted molar refractivity (Wildman–Crippen MR) is 191 cm³/mol. The van der Waals surface area contributed by atoms with Gasteiger partial charge in [-0.2, -0.15) is 0 Å². The molecule has 5 atom stereocenters. The largest absolute Gasteiger partial charge is 0.348 e. The van der Waals surface area contributed by atoms with E-state index in [0.717, 1.165) is 30.4 Å². The van der Waals surface area contributed by atoms with Gasteiger partial charge in [0.25, 0.3) is 5.91 Å². The molecule has 0 saturated carbocycles. The number of benzene rings is 4. The van der Waals surface area contributed by atoms with Crippen molar-refractivity contribution in [2.45, 2.75) is 82.3 Å². The number of aryl methyl sites for hydroxylation is 1. The third-order valence-corrected chi connectivity index (χ3v) is 10.5. The van der Waals surface area contributed by atoms with Crippen LogP contribution in [0.4, 0.5) is 4.39 Å². The van der Waals surface area contributed by atoms with Crippen LogP contribution in [0.3, 0.4) is 0 Å². The molecule has 3 aliphatic rings. The molecule has 1 aliphatic carbocycles. The lowest BCUT2D eigenvalue weighted by Gasteiger charge is -2.35. The van der Waals surface area contributed by atoms with Crippen molar-refractivity contribution in [3.05, 3.63) is 142 Å². The topological polar surface area (TPSA) is 103 Å². The summed E-state index contributed by atoms with van der Waals surface area (Å²) < 4.78 is 15.0. The van der Waals surface area contributed by atoms with Crippen molar-refractivity contribution in [3.63, 3.8) is 0 Å². The van der Waals surface area contributed by atoms with Crippen LogP contribution in [0.5, 0.6) is 0 Å². The number of carbonyl (C=O) groups excluding carboxylic acids is 3. The highest BCUT2D eigenvalue weighted by Gasteiger charge is 2.34. The molecule has 4 N–H and O–H groups in total. The Balaban J connectivity index is 0.982. The van der Waals surface area contributed by atoms with Gasteiger partial charge < -0.3 is 26.2 Å². The maximum atomic E-state index is 15.0. The van der Waals surface area contributed by atoms with E-state index in [-0.39, 0.29) is 48.2 Å². The first kappa shape index (κ1) is 33.6. The molecule has 0 radical (unpaired) electrons. The summed E-state index contributed by atoms with van der Waals surface area (Å²) in [5.41, 5.74) is 6.59. The van der Waals surface area contributed by atoms with Crippen LogP contribution in [0.2, 0.25) is 0 Å². The minimum atomic E-state index is -0.515. The molecule has 4 aromatic carbocycles. The molecule has 0 bridgehead atoms. The summed E-state index contributed by atoms with van der Waals surface area (Å²) in [6.45, 7) is 3.21. The fraction of sp³-hybridized carbons (Fsp3) is 0.341. The highest BCUT2D eigenvalue weighted by Crippen LogP contribution is 2.30. The van der Waals surface area contributed by atoms with Crippen LogP contribution < -0.4 is 21.3 Å². The van der Waals surface area contributed by atoms with Gasteiger partial charge in [-0.05, 0) is 85.0 Å². The van der Waals surface area contributed by atoms with E-state index in [1.807, 2.05) is 43.3 Å². The van der Waals surface area contributed by atoms with Crippen LogP contribution >= 0.6 is 0 Å². The smallest absolute Gasteiger partial charge is 0.251 e. The van der Waals surface area contributed by atoms with Crippen LogP contribution in [0, 0.1) is 5.82 Å². The van der Waals surface area contributed by atoms with E-state index in [0.29, 0.717) is 37.1 Å². The van der Waals surface area contributed by atoms with Gasteiger partial charge in [0, 0.05) is 36.8 Å². The molecule has 50 heavy (non-hydrogen) atoms. The first-order valence-electron chi connectivity index (χ1n) is 17.7. The summed E-state index contributed by atoms with van der Waals surface area (Å²) in [4.78, 5) is 42.2. The number of hydrogen-bond donors (Lipinski definition) is 4. The second-order valence-electron chi connectivity index (χ2n) is 13.8. The highest BCUT2D eigenvalue weighted by molar-refractivity contribution is 5.94. The van der Waals surface area contributed by atoms with Crippen molar-refractivity contribution < 1.29 is 18.8 Å². The van der Waals surface area contributed by atoms with Gasteiger partial charge in [0.15, 0.2) is 0 Å². The number of hydrogen-bond acceptors (Lipinski definition) is 5. The molecule has 2 heterocycles. The van der Waals surface area contributed by atoms with Crippen molar-refractivity contribution in [1.82, 2.24) is 26.2 Å². The van der Waals surface area contributed by atoms with Gasteiger partial charge in [-0.25, -0.2) is 4.39 Å².